The van der Waals surface area contributed by atoms with Crippen LogP contribution in [-0.2, 0) is 17.8 Å². The number of amides is 2. The van der Waals surface area contributed by atoms with Crippen molar-refractivity contribution in [2.24, 2.45) is 0 Å². The van der Waals surface area contributed by atoms with Crippen LogP contribution >= 0.6 is 0 Å². The van der Waals surface area contributed by atoms with E-state index in [1.807, 2.05) is 6.92 Å². The SMILES string of the molecule is CCc1ccc(NC(=O)c2ccc(CNC(C)=O)cc2)cc1[N+](=O)[O-]. The molecule has 0 spiro atoms. The summed E-state index contributed by atoms with van der Waals surface area (Å²) < 4.78 is 0. The van der Waals surface area contributed by atoms with Gasteiger partial charge in [0.25, 0.3) is 11.6 Å². The van der Waals surface area contributed by atoms with Gasteiger partial charge in [-0.25, -0.2) is 0 Å². The Balaban J connectivity index is 2.10. The van der Waals surface area contributed by atoms with Crippen molar-refractivity contribution in [3.8, 4) is 0 Å². The summed E-state index contributed by atoms with van der Waals surface area (Å²) in [5.41, 5.74) is 2.27. The van der Waals surface area contributed by atoms with Gasteiger partial charge in [0, 0.05) is 36.3 Å². The Morgan fingerprint density at radius 2 is 1.80 bits per heavy atom. The van der Waals surface area contributed by atoms with Crippen LogP contribution in [-0.4, -0.2) is 16.7 Å². The van der Waals surface area contributed by atoms with E-state index in [2.05, 4.69) is 10.6 Å². The van der Waals surface area contributed by atoms with Crippen LogP contribution in [0.4, 0.5) is 11.4 Å². The Labute approximate surface area is 145 Å². The van der Waals surface area contributed by atoms with Gasteiger partial charge in [-0.3, -0.25) is 19.7 Å². The first-order chi connectivity index (χ1) is 11.9. The maximum Gasteiger partial charge on any atom is 0.274 e. The van der Waals surface area contributed by atoms with E-state index < -0.39 is 4.92 Å². The Kier molecular flexibility index (Phi) is 5.84. The zero-order chi connectivity index (χ0) is 18.4. The second-order valence-corrected chi connectivity index (χ2v) is 5.51. The number of carbonyl (C=O) groups excluding carboxylic acids is 2. The van der Waals surface area contributed by atoms with Crippen LogP contribution in [0.1, 0.15) is 35.3 Å². The second kappa shape index (κ2) is 8.05. The van der Waals surface area contributed by atoms with Gasteiger partial charge in [-0.15, -0.1) is 0 Å². The summed E-state index contributed by atoms with van der Waals surface area (Å²) in [6.45, 7) is 3.66. The number of nitro groups is 1. The number of anilines is 1. The van der Waals surface area contributed by atoms with E-state index in [-0.39, 0.29) is 17.5 Å². The summed E-state index contributed by atoms with van der Waals surface area (Å²) >= 11 is 0. The first-order valence-corrected chi connectivity index (χ1v) is 7.82. The highest BCUT2D eigenvalue weighted by atomic mass is 16.6. The number of rotatable bonds is 6. The minimum atomic E-state index is -0.453. The molecule has 0 bridgehead atoms. The summed E-state index contributed by atoms with van der Waals surface area (Å²) in [5, 5.41) is 16.4. The third-order valence-corrected chi connectivity index (χ3v) is 3.68. The van der Waals surface area contributed by atoms with Gasteiger partial charge < -0.3 is 10.6 Å². The minimum Gasteiger partial charge on any atom is -0.352 e. The van der Waals surface area contributed by atoms with Crippen LogP contribution in [0.3, 0.4) is 0 Å². The molecule has 0 aliphatic carbocycles. The number of benzene rings is 2. The highest BCUT2D eigenvalue weighted by Gasteiger charge is 2.14. The van der Waals surface area contributed by atoms with Gasteiger partial charge in [0.1, 0.15) is 0 Å². The van der Waals surface area contributed by atoms with Gasteiger partial charge in [-0.05, 0) is 30.2 Å². The summed E-state index contributed by atoms with van der Waals surface area (Å²) in [6, 6.07) is 11.4. The van der Waals surface area contributed by atoms with Crippen LogP contribution in [0.25, 0.3) is 0 Å². The lowest BCUT2D eigenvalue weighted by Crippen LogP contribution is -2.19. The third kappa shape index (κ3) is 4.87. The monoisotopic (exact) mass is 341 g/mol. The lowest BCUT2D eigenvalue weighted by molar-refractivity contribution is -0.385. The number of aryl methyl sites for hydroxylation is 1. The standard InChI is InChI=1S/C18H19N3O4/c1-3-14-8-9-16(10-17(14)21(24)25)20-18(23)15-6-4-13(5-7-15)11-19-12(2)22/h4-10H,3,11H2,1-2H3,(H,19,22)(H,20,23). The average molecular weight is 341 g/mol. The summed E-state index contributed by atoms with van der Waals surface area (Å²) in [7, 11) is 0. The normalized spacial score (nSPS) is 10.2. The molecule has 0 radical (unpaired) electrons. The number of nitro benzene ring substituents is 1. The predicted molar refractivity (Wildman–Crippen MR) is 94.4 cm³/mol. The highest BCUT2D eigenvalue weighted by molar-refractivity contribution is 6.04. The van der Waals surface area contributed by atoms with Crippen LogP contribution in [0.5, 0.6) is 0 Å². The fourth-order valence-electron chi connectivity index (χ4n) is 2.31. The Bertz CT molecular complexity index is 800. The Hall–Kier alpha value is -3.22. The molecular formula is C18H19N3O4. The molecule has 0 heterocycles. The molecule has 7 nitrogen and oxygen atoms in total. The topological polar surface area (TPSA) is 101 Å². The molecule has 2 aromatic carbocycles. The molecule has 0 fully saturated rings. The Morgan fingerprint density at radius 3 is 2.36 bits per heavy atom. The average Bonchev–Trinajstić information content (AvgIpc) is 2.60. The van der Waals surface area contributed by atoms with Gasteiger partial charge in [0.2, 0.25) is 5.91 Å². The van der Waals surface area contributed by atoms with Crippen molar-refractivity contribution in [3.63, 3.8) is 0 Å². The van der Waals surface area contributed by atoms with Gasteiger partial charge in [0.15, 0.2) is 0 Å². The van der Waals surface area contributed by atoms with Crippen molar-refractivity contribution in [2.75, 3.05) is 5.32 Å². The lowest BCUT2D eigenvalue weighted by Gasteiger charge is -2.08. The first kappa shape index (κ1) is 18.1. The third-order valence-electron chi connectivity index (χ3n) is 3.68. The van der Waals surface area contributed by atoms with Crippen LogP contribution in [0.15, 0.2) is 42.5 Å². The van der Waals surface area contributed by atoms with Gasteiger partial charge in [-0.1, -0.05) is 25.1 Å². The van der Waals surface area contributed by atoms with Crippen molar-refractivity contribution in [2.45, 2.75) is 26.8 Å². The maximum atomic E-state index is 12.3. The predicted octanol–water partition coefficient (Wildman–Crippen LogP) is 3.05. The van der Waals surface area contributed by atoms with E-state index in [0.29, 0.717) is 29.8 Å². The van der Waals surface area contributed by atoms with E-state index in [1.54, 1.807) is 36.4 Å². The maximum absolute atomic E-state index is 12.3. The van der Waals surface area contributed by atoms with Gasteiger partial charge >= 0.3 is 0 Å². The molecule has 130 valence electrons. The molecule has 7 heteroatoms. The van der Waals surface area contributed by atoms with E-state index in [1.165, 1.54) is 13.0 Å². The molecule has 2 aromatic rings. The summed E-state index contributed by atoms with van der Waals surface area (Å²) in [5.74, 6) is -0.483. The van der Waals surface area contributed by atoms with Crippen molar-refractivity contribution in [3.05, 3.63) is 69.3 Å². The number of hydrogen-bond donors (Lipinski definition) is 2. The summed E-state index contributed by atoms with van der Waals surface area (Å²) in [6.07, 6.45) is 0.542. The lowest BCUT2D eigenvalue weighted by atomic mass is 10.1. The second-order valence-electron chi connectivity index (χ2n) is 5.51. The van der Waals surface area contributed by atoms with Gasteiger partial charge in [0.05, 0.1) is 4.92 Å². The number of hydrogen-bond acceptors (Lipinski definition) is 4. The molecule has 25 heavy (non-hydrogen) atoms. The molecule has 2 amide bonds. The molecule has 2 rings (SSSR count). The first-order valence-electron chi connectivity index (χ1n) is 7.82. The molecular weight excluding hydrogens is 322 g/mol. The van der Waals surface area contributed by atoms with Crippen LogP contribution in [0, 0.1) is 10.1 Å². The molecule has 0 aliphatic heterocycles. The van der Waals surface area contributed by atoms with E-state index in [0.717, 1.165) is 5.56 Å². The zero-order valence-corrected chi connectivity index (χ0v) is 14.0. The fraction of sp³-hybridized carbons (Fsp3) is 0.222. The number of nitrogens with one attached hydrogen (secondary N) is 2. The number of carbonyl (C=O) groups is 2. The van der Waals surface area contributed by atoms with Crippen LogP contribution < -0.4 is 10.6 Å². The molecule has 0 aromatic heterocycles. The van der Waals surface area contributed by atoms with Crippen molar-refractivity contribution >= 4 is 23.2 Å². The van der Waals surface area contributed by atoms with Crippen LogP contribution in [0.2, 0.25) is 0 Å². The Morgan fingerprint density at radius 1 is 1.12 bits per heavy atom. The van der Waals surface area contributed by atoms with Gasteiger partial charge in [-0.2, -0.15) is 0 Å². The highest BCUT2D eigenvalue weighted by Crippen LogP contribution is 2.24. The molecule has 2 N–H and O–H groups in total. The van der Waals surface area contributed by atoms with Crippen molar-refractivity contribution in [1.82, 2.24) is 5.32 Å². The van der Waals surface area contributed by atoms with E-state index in [9.17, 15) is 19.7 Å². The largest absolute Gasteiger partial charge is 0.352 e. The van der Waals surface area contributed by atoms with Crippen molar-refractivity contribution < 1.29 is 14.5 Å². The van der Waals surface area contributed by atoms with E-state index in [4.69, 9.17) is 0 Å². The zero-order valence-electron chi connectivity index (χ0n) is 14.0. The fourth-order valence-corrected chi connectivity index (χ4v) is 2.31. The molecule has 0 unspecified atom stereocenters. The number of nitrogens with zero attached hydrogens (tertiary/aromatic N) is 1. The minimum absolute atomic E-state index is 0.00837. The van der Waals surface area contributed by atoms with E-state index >= 15 is 0 Å². The molecule has 0 saturated carbocycles. The quantitative estimate of drug-likeness (QED) is 0.623. The summed E-state index contributed by atoms with van der Waals surface area (Å²) in [4.78, 5) is 33.8. The van der Waals surface area contributed by atoms with Crippen molar-refractivity contribution in [1.29, 1.82) is 0 Å². The smallest absolute Gasteiger partial charge is 0.274 e. The molecule has 0 saturated heterocycles. The molecule has 0 aliphatic rings. The molecule has 0 atom stereocenters.